The van der Waals surface area contributed by atoms with E-state index < -0.39 is 30.2 Å². The number of hydrogen-bond acceptors (Lipinski definition) is 5. The van der Waals surface area contributed by atoms with Crippen LogP contribution in [-0.4, -0.2) is 29.5 Å². The van der Waals surface area contributed by atoms with E-state index in [4.69, 9.17) is 5.73 Å². The molecule has 3 amide bonds. The van der Waals surface area contributed by atoms with Crippen molar-refractivity contribution >= 4 is 34.0 Å². The molecule has 11 heteroatoms. The number of primary amides is 1. The van der Waals surface area contributed by atoms with Crippen molar-refractivity contribution in [1.29, 1.82) is 0 Å². The molecule has 7 nitrogen and oxygen atoms in total. The quantitative estimate of drug-likeness (QED) is 0.614. The number of rotatable bonds is 4. The number of anilines is 2. The molecule has 1 aromatic heterocycles. The highest BCUT2D eigenvalue weighted by molar-refractivity contribution is 7.17. The van der Waals surface area contributed by atoms with Crippen molar-refractivity contribution in [3.63, 3.8) is 0 Å². The summed E-state index contributed by atoms with van der Waals surface area (Å²) in [5.74, 6) is -1.31. The van der Waals surface area contributed by atoms with Crippen molar-refractivity contribution in [2.24, 2.45) is 5.73 Å². The Bertz CT molecular complexity index is 914. The van der Waals surface area contributed by atoms with Crippen LogP contribution in [0.15, 0.2) is 24.3 Å². The average molecular weight is 415 g/mol. The number of hydrogen-bond donors (Lipinski definition) is 4. The standard InChI is InChI=1S/C17H16F3N3O4S/c18-17(19,20)27-11-4-2-1-3-10(11)22-16(26)23-15-13(14(21)25)9-6-5-8(24)7-12(9)28-15/h1-4,8,24H,5-7H2,(H2,21,25)(H2,22,23,26). The summed E-state index contributed by atoms with van der Waals surface area (Å²) in [6.45, 7) is 0. The van der Waals surface area contributed by atoms with Crippen LogP contribution in [0.4, 0.5) is 28.7 Å². The largest absolute Gasteiger partial charge is 0.573 e. The molecule has 5 N–H and O–H groups in total. The lowest BCUT2D eigenvalue weighted by Gasteiger charge is -2.17. The van der Waals surface area contributed by atoms with Crippen molar-refractivity contribution in [1.82, 2.24) is 0 Å². The van der Waals surface area contributed by atoms with Crippen LogP contribution in [0.1, 0.15) is 27.2 Å². The zero-order valence-corrected chi connectivity index (χ0v) is 15.1. The van der Waals surface area contributed by atoms with Gasteiger partial charge in [-0.05, 0) is 30.5 Å². The van der Waals surface area contributed by atoms with Crippen LogP contribution in [0.5, 0.6) is 5.75 Å². The maximum absolute atomic E-state index is 12.5. The normalized spacial score (nSPS) is 16.2. The molecule has 2 aromatic rings. The third-order valence-electron chi connectivity index (χ3n) is 4.07. The number of para-hydroxylation sites is 2. The summed E-state index contributed by atoms with van der Waals surface area (Å²) in [4.78, 5) is 24.9. The molecule has 150 valence electrons. The topological polar surface area (TPSA) is 114 Å². The number of nitrogens with one attached hydrogen (secondary N) is 2. The maximum atomic E-state index is 12.5. The fraction of sp³-hybridized carbons (Fsp3) is 0.294. The SMILES string of the molecule is NC(=O)c1c(NC(=O)Nc2ccccc2OC(F)(F)F)sc2c1CCC(O)C2. The van der Waals surface area contributed by atoms with Crippen LogP contribution in [-0.2, 0) is 12.8 Å². The van der Waals surface area contributed by atoms with Gasteiger partial charge in [-0.2, -0.15) is 0 Å². The highest BCUT2D eigenvalue weighted by Gasteiger charge is 2.32. The summed E-state index contributed by atoms with van der Waals surface area (Å²) in [5, 5.41) is 14.7. The van der Waals surface area contributed by atoms with E-state index in [1.807, 2.05) is 0 Å². The summed E-state index contributed by atoms with van der Waals surface area (Å²) >= 11 is 1.10. The molecule has 0 spiro atoms. The Morgan fingerprint density at radius 2 is 1.96 bits per heavy atom. The number of benzene rings is 1. The monoisotopic (exact) mass is 415 g/mol. The fourth-order valence-corrected chi connectivity index (χ4v) is 4.28. The summed E-state index contributed by atoms with van der Waals surface area (Å²) in [6, 6.07) is 4.20. The van der Waals surface area contributed by atoms with E-state index in [1.165, 1.54) is 18.2 Å². The predicted molar refractivity (Wildman–Crippen MR) is 96.6 cm³/mol. The molecule has 1 atom stereocenters. The second-order valence-electron chi connectivity index (χ2n) is 6.09. The van der Waals surface area contributed by atoms with Gasteiger partial charge in [0.1, 0.15) is 5.00 Å². The average Bonchev–Trinajstić information content (AvgIpc) is 2.92. The van der Waals surface area contributed by atoms with E-state index in [0.29, 0.717) is 24.8 Å². The molecule has 1 heterocycles. The second kappa shape index (κ2) is 7.68. The summed E-state index contributed by atoms with van der Waals surface area (Å²) < 4.78 is 41.4. The van der Waals surface area contributed by atoms with Gasteiger partial charge < -0.3 is 20.9 Å². The number of alkyl halides is 3. The van der Waals surface area contributed by atoms with Crippen LogP contribution >= 0.6 is 11.3 Å². The molecule has 0 saturated carbocycles. The van der Waals surface area contributed by atoms with Gasteiger partial charge in [0.05, 0.1) is 17.4 Å². The van der Waals surface area contributed by atoms with Gasteiger partial charge in [-0.25, -0.2) is 4.79 Å². The first-order valence-corrected chi connectivity index (χ1v) is 9.01. The zero-order chi connectivity index (χ0) is 20.5. The van der Waals surface area contributed by atoms with Crippen molar-refractivity contribution in [3.05, 3.63) is 40.3 Å². The lowest BCUT2D eigenvalue weighted by molar-refractivity contribution is -0.274. The van der Waals surface area contributed by atoms with E-state index in [-0.39, 0.29) is 16.3 Å². The van der Waals surface area contributed by atoms with E-state index in [1.54, 1.807) is 0 Å². The fourth-order valence-electron chi connectivity index (χ4n) is 2.96. The minimum atomic E-state index is -4.92. The van der Waals surface area contributed by atoms with Crippen LogP contribution in [0, 0.1) is 0 Å². The van der Waals surface area contributed by atoms with E-state index in [9.17, 15) is 27.9 Å². The van der Waals surface area contributed by atoms with Gasteiger partial charge in [0.15, 0.2) is 5.75 Å². The smallest absolute Gasteiger partial charge is 0.404 e. The Kier molecular flexibility index (Phi) is 5.47. The lowest BCUT2D eigenvalue weighted by atomic mass is 9.93. The number of halogens is 3. The van der Waals surface area contributed by atoms with Crippen LogP contribution < -0.4 is 21.1 Å². The molecule has 0 radical (unpaired) electrons. The maximum Gasteiger partial charge on any atom is 0.573 e. The Hall–Kier alpha value is -2.79. The van der Waals surface area contributed by atoms with Crippen LogP contribution in [0.2, 0.25) is 0 Å². The summed E-state index contributed by atoms with van der Waals surface area (Å²) in [5.41, 5.74) is 6.06. The van der Waals surface area contributed by atoms with Crippen molar-refractivity contribution in [2.45, 2.75) is 31.7 Å². The van der Waals surface area contributed by atoms with E-state index in [0.717, 1.165) is 22.3 Å². The Morgan fingerprint density at radius 3 is 2.64 bits per heavy atom. The Labute approximate surface area is 161 Å². The van der Waals surface area contributed by atoms with Crippen molar-refractivity contribution < 1.29 is 32.6 Å². The lowest BCUT2D eigenvalue weighted by Crippen LogP contribution is -2.24. The minimum Gasteiger partial charge on any atom is -0.404 e. The van der Waals surface area contributed by atoms with Gasteiger partial charge >= 0.3 is 12.4 Å². The number of thiophene rings is 1. The van der Waals surface area contributed by atoms with Gasteiger partial charge in [0.25, 0.3) is 5.91 Å². The molecule has 0 saturated heterocycles. The van der Waals surface area contributed by atoms with Crippen LogP contribution in [0.3, 0.4) is 0 Å². The molecule has 3 rings (SSSR count). The number of nitrogens with two attached hydrogens (primary N) is 1. The molecular formula is C17H16F3N3O4S. The summed E-state index contributed by atoms with van der Waals surface area (Å²) in [6.07, 6.45) is -4.21. The number of fused-ring (bicyclic) bond motifs is 1. The van der Waals surface area contributed by atoms with Crippen LogP contribution in [0.25, 0.3) is 0 Å². The number of carbonyl (C=O) groups excluding carboxylic acids is 2. The molecule has 0 aliphatic heterocycles. The van der Waals surface area contributed by atoms with Gasteiger partial charge in [-0.15, -0.1) is 24.5 Å². The molecule has 28 heavy (non-hydrogen) atoms. The molecule has 1 aliphatic rings. The molecule has 1 aliphatic carbocycles. The molecule has 0 fully saturated rings. The number of aliphatic hydroxyl groups is 1. The first kappa shape index (κ1) is 20.0. The third-order valence-corrected chi connectivity index (χ3v) is 5.24. The van der Waals surface area contributed by atoms with Crippen molar-refractivity contribution in [3.8, 4) is 5.75 Å². The first-order chi connectivity index (χ1) is 13.1. The van der Waals surface area contributed by atoms with Gasteiger partial charge in [-0.3, -0.25) is 10.1 Å². The van der Waals surface area contributed by atoms with Crippen molar-refractivity contribution in [2.75, 3.05) is 10.6 Å². The number of amides is 3. The molecule has 1 unspecified atom stereocenters. The van der Waals surface area contributed by atoms with E-state index in [2.05, 4.69) is 15.4 Å². The zero-order valence-electron chi connectivity index (χ0n) is 14.3. The highest BCUT2D eigenvalue weighted by atomic mass is 32.1. The number of carbonyl (C=O) groups is 2. The number of ether oxygens (including phenoxy) is 1. The summed E-state index contributed by atoms with van der Waals surface area (Å²) in [7, 11) is 0. The Morgan fingerprint density at radius 1 is 1.25 bits per heavy atom. The van der Waals surface area contributed by atoms with Gasteiger partial charge in [0.2, 0.25) is 0 Å². The minimum absolute atomic E-state index is 0.155. The predicted octanol–water partition coefficient (Wildman–Crippen LogP) is 3.24. The number of urea groups is 1. The molecular weight excluding hydrogens is 399 g/mol. The highest BCUT2D eigenvalue weighted by Crippen LogP contribution is 2.38. The third kappa shape index (κ3) is 4.54. The molecule has 1 aromatic carbocycles. The first-order valence-electron chi connectivity index (χ1n) is 8.19. The molecule has 0 bridgehead atoms. The van der Waals surface area contributed by atoms with Gasteiger partial charge in [-0.1, -0.05) is 12.1 Å². The van der Waals surface area contributed by atoms with Gasteiger partial charge in [0, 0.05) is 11.3 Å². The second-order valence-corrected chi connectivity index (χ2v) is 7.20. The Balaban J connectivity index is 1.81. The van der Waals surface area contributed by atoms with E-state index >= 15 is 0 Å². The number of aliphatic hydroxyl groups excluding tert-OH is 1.